The molecule has 0 aromatic heterocycles. The van der Waals surface area contributed by atoms with E-state index in [0.29, 0.717) is 24.8 Å². The van der Waals surface area contributed by atoms with Gasteiger partial charge in [0.05, 0.1) is 5.92 Å². The van der Waals surface area contributed by atoms with E-state index in [1.807, 2.05) is 11.9 Å². The average molecular weight is 267 g/mol. The Labute approximate surface area is 115 Å². The molecule has 4 nitrogen and oxygen atoms in total. The zero-order valence-electron chi connectivity index (χ0n) is 12.0. The zero-order valence-corrected chi connectivity index (χ0v) is 12.0. The number of carbonyl (C=O) groups is 2. The maximum atomic E-state index is 12.5. The van der Waals surface area contributed by atoms with Crippen LogP contribution in [0.5, 0.6) is 0 Å². The molecule has 108 valence electrons. The summed E-state index contributed by atoms with van der Waals surface area (Å²) in [6.45, 7) is 2.25. The molecule has 1 amide bonds. The summed E-state index contributed by atoms with van der Waals surface area (Å²) in [4.78, 5) is 25.3. The lowest BCUT2D eigenvalue weighted by atomic mass is 9.86. The van der Waals surface area contributed by atoms with Crippen LogP contribution >= 0.6 is 0 Å². The van der Waals surface area contributed by atoms with Crippen LogP contribution in [0.4, 0.5) is 0 Å². The normalized spacial score (nSPS) is 35.1. The van der Waals surface area contributed by atoms with Crippen LogP contribution in [-0.2, 0) is 9.59 Å². The number of carboxylic acid groups (broad SMARTS) is 1. The van der Waals surface area contributed by atoms with Gasteiger partial charge in [0.2, 0.25) is 5.91 Å². The predicted molar refractivity (Wildman–Crippen MR) is 72.7 cm³/mol. The van der Waals surface area contributed by atoms with E-state index in [1.165, 1.54) is 12.8 Å². The summed E-state index contributed by atoms with van der Waals surface area (Å²) in [7, 11) is 1.90. The van der Waals surface area contributed by atoms with Gasteiger partial charge < -0.3 is 10.0 Å². The molecule has 0 aromatic rings. The molecule has 0 bridgehead atoms. The first-order chi connectivity index (χ1) is 8.99. The van der Waals surface area contributed by atoms with Gasteiger partial charge >= 0.3 is 5.97 Å². The molecule has 1 N–H and O–H groups in total. The van der Waals surface area contributed by atoms with Gasteiger partial charge in [0.15, 0.2) is 0 Å². The van der Waals surface area contributed by atoms with Crippen LogP contribution in [0.25, 0.3) is 0 Å². The van der Waals surface area contributed by atoms with Gasteiger partial charge in [-0.2, -0.15) is 0 Å². The topological polar surface area (TPSA) is 57.6 Å². The first kappa shape index (κ1) is 14.4. The molecule has 0 aliphatic heterocycles. The van der Waals surface area contributed by atoms with Crippen LogP contribution in [0, 0.1) is 17.8 Å². The van der Waals surface area contributed by atoms with Gasteiger partial charge in [0, 0.05) is 19.0 Å². The van der Waals surface area contributed by atoms with Crippen molar-refractivity contribution >= 4 is 11.9 Å². The number of amides is 1. The molecule has 4 unspecified atom stereocenters. The van der Waals surface area contributed by atoms with Crippen LogP contribution in [0.3, 0.4) is 0 Å². The molecule has 0 radical (unpaired) electrons. The summed E-state index contributed by atoms with van der Waals surface area (Å²) in [5.41, 5.74) is 0. The van der Waals surface area contributed by atoms with E-state index in [1.54, 1.807) is 0 Å². The van der Waals surface area contributed by atoms with Crippen molar-refractivity contribution in [2.75, 3.05) is 7.05 Å². The number of rotatable bonds is 3. The number of hydrogen-bond acceptors (Lipinski definition) is 2. The fourth-order valence-corrected chi connectivity index (χ4v) is 3.65. The third-order valence-electron chi connectivity index (χ3n) is 4.94. The molecule has 0 heterocycles. The molecular weight excluding hydrogens is 242 g/mol. The molecule has 2 saturated carbocycles. The van der Waals surface area contributed by atoms with Gasteiger partial charge in [0.1, 0.15) is 0 Å². The smallest absolute Gasteiger partial charge is 0.306 e. The number of nitrogens with zero attached hydrogens (tertiary/aromatic N) is 1. The molecule has 2 aliphatic carbocycles. The van der Waals surface area contributed by atoms with Crippen molar-refractivity contribution < 1.29 is 14.7 Å². The quantitative estimate of drug-likeness (QED) is 0.854. The SMILES string of the molecule is CC1CCCC(N(C)C(=O)C2CCC(C(=O)O)C2)C1. The summed E-state index contributed by atoms with van der Waals surface area (Å²) < 4.78 is 0. The zero-order chi connectivity index (χ0) is 14.0. The van der Waals surface area contributed by atoms with Gasteiger partial charge in [-0.15, -0.1) is 0 Å². The Bertz CT molecular complexity index is 355. The van der Waals surface area contributed by atoms with E-state index in [0.717, 1.165) is 19.3 Å². The van der Waals surface area contributed by atoms with Crippen molar-refractivity contribution in [1.29, 1.82) is 0 Å². The monoisotopic (exact) mass is 267 g/mol. The van der Waals surface area contributed by atoms with Crippen molar-refractivity contribution in [3.63, 3.8) is 0 Å². The van der Waals surface area contributed by atoms with Crippen LogP contribution < -0.4 is 0 Å². The van der Waals surface area contributed by atoms with Crippen molar-refractivity contribution in [1.82, 2.24) is 4.90 Å². The lowest BCUT2D eigenvalue weighted by molar-refractivity contribution is -0.141. The van der Waals surface area contributed by atoms with Crippen molar-refractivity contribution in [2.24, 2.45) is 17.8 Å². The second-order valence-electron chi connectivity index (χ2n) is 6.42. The third kappa shape index (κ3) is 3.28. The Hall–Kier alpha value is -1.06. The number of carboxylic acids is 1. The van der Waals surface area contributed by atoms with Gasteiger partial charge in [-0.05, 0) is 38.0 Å². The van der Waals surface area contributed by atoms with Gasteiger partial charge in [-0.25, -0.2) is 0 Å². The summed E-state index contributed by atoms with van der Waals surface area (Å²) in [5, 5.41) is 9.01. The van der Waals surface area contributed by atoms with E-state index in [-0.39, 0.29) is 17.7 Å². The van der Waals surface area contributed by atoms with E-state index in [9.17, 15) is 9.59 Å². The first-order valence-electron chi connectivity index (χ1n) is 7.48. The first-order valence-corrected chi connectivity index (χ1v) is 7.48. The lowest BCUT2D eigenvalue weighted by Crippen LogP contribution is -2.42. The Morgan fingerprint density at radius 1 is 1.05 bits per heavy atom. The Morgan fingerprint density at radius 2 is 1.74 bits per heavy atom. The number of aliphatic carboxylic acids is 1. The van der Waals surface area contributed by atoms with Crippen molar-refractivity contribution in [3.8, 4) is 0 Å². The van der Waals surface area contributed by atoms with E-state index in [2.05, 4.69) is 6.92 Å². The van der Waals surface area contributed by atoms with Gasteiger partial charge in [0.25, 0.3) is 0 Å². The molecule has 0 saturated heterocycles. The summed E-state index contributed by atoms with van der Waals surface area (Å²) >= 11 is 0. The molecule has 0 spiro atoms. The fourth-order valence-electron chi connectivity index (χ4n) is 3.65. The van der Waals surface area contributed by atoms with Gasteiger partial charge in [-0.3, -0.25) is 9.59 Å². The fraction of sp³-hybridized carbons (Fsp3) is 0.867. The van der Waals surface area contributed by atoms with E-state index < -0.39 is 5.97 Å². The highest BCUT2D eigenvalue weighted by Crippen LogP contribution is 2.34. The molecule has 0 aromatic carbocycles. The second kappa shape index (κ2) is 5.93. The maximum absolute atomic E-state index is 12.5. The molecule has 19 heavy (non-hydrogen) atoms. The number of carbonyl (C=O) groups excluding carboxylic acids is 1. The molecule has 2 rings (SSSR count). The standard InChI is InChI=1S/C15H25NO3/c1-10-4-3-5-13(8-10)16(2)14(17)11-6-7-12(9-11)15(18)19/h10-13H,3-9H2,1-2H3,(H,18,19). The summed E-state index contributed by atoms with van der Waals surface area (Å²) in [6, 6.07) is 0.361. The minimum Gasteiger partial charge on any atom is -0.481 e. The Balaban J connectivity index is 1.90. The predicted octanol–water partition coefficient (Wildman–Crippen LogP) is 2.52. The highest BCUT2D eigenvalue weighted by Gasteiger charge is 2.37. The lowest BCUT2D eigenvalue weighted by Gasteiger charge is -2.35. The number of hydrogen-bond donors (Lipinski definition) is 1. The average Bonchev–Trinajstić information content (AvgIpc) is 2.86. The Kier molecular flexibility index (Phi) is 4.48. The summed E-state index contributed by atoms with van der Waals surface area (Å²) in [5.74, 6) is -0.257. The molecule has 2 fully saturated rings. The minimum atomic E-state index is -0.746. The molecular formula is C15H25NO3. The van der Waals surface area contributed by atoms with Crippen LogP contribution in [0.1, 0.15) is 51.9 Å². The largest absolute Gasteiger partial charge is 0.481 e. The molecule has 4 heteroatoms. The van der Waals surface area contributed by atoms with Crippen LogP contribution in [-0.4, -0.2) is 35.0 Å². The Morgan fingerprint density at radius 3 is 2.32 bits per heavy atom. The van der Waals surface area contributed by atoms with Crippen molar-refractivity contribution in [3.05, 3.63) is 0 Å². The van der Waals surface area contributed by atoms with E-state index in [4.69, 9.17) is 5.11 Å². The highest BCUT2D eigenvalue weighted by molar-refractivity contribution is 5.81. The van der Waals surface area contributed by atoms with Gasteiger partial charge in [-0.1, -0.05) is 19.8 Å². The van der Waals surface area contributed by atoms with E-state index >= 15 is 0 Å². The third-order valence-corrected chi connectivity index (χ3v) is 4.94. The van der Waals surface area contributed by atoms with Crippen LogP contribution in [0.2, 0.25) is 0 Å². The molecule has 2 aliphatic rings. The maximum Gasteiger partial charge on any atom is 0.306 e. The molecule has 4 atom stereocenters. The van der Waals surface area contributed by atoms with Crippen molar-refractivity contribution in [2.45, 2.75) is 57.9 Å². The van der Waals surface area contributed by atoms with Crippen LogP contribution in [0.15, 0.2) is 0 Å². The minimum absolute atomic E-state index is 0.0664. The summed E-state index contributed by atoms with van der Waals surface area (Å²) in [6.07, 6.45) is 6.58. The highest BCUT2D eigenvalue weighted by atomic mass is 16.4. The second-order valence-corrected chi connectivity index (χ2v) is 6.42.